The number of nitrogens with zero attached hydrogens (tertiary/aromatic N) is 1. The zero-order chi connectivity index (χ0) is 25.7. The lowest BCUT2D eigenvalue weighted by molar-refractivity contribution is 0.228. The summed E-state index contributed by atoms with van der Waals surface area (Å²) in [6.07, 6.45) is 1.38. The van der Waals surface area contributed by atoms with Gasteiger partial charge in [-0.05, 0) is 51.1 Å². The Labute approximate surface area is 209 Å². The Kier molecular flexibility index (Phi) is 7.53. The second-order valence-corrected chi connectivity index (χ2v) is 8.42. The van der Waals surface area contributed by atoms with E-state index >= 15 is 4.39 Å². The first-order valence-electron chi connectivity index (χ1n) is 11.7. The van der Waals surface area contributed by atoms with Crippen molar-refractivity contribution in [2.75, 3.05) is 11.9 Å². The van der Waals surface area contributed by atoms with Crippen molar-refractivity contribution in [3.05, 3.63) is 95.8 Å². The summed E-state index contributed by atoms with van der Waals surface area (Å²) in [7, 11) is 0. The Hall–Kier alpha value is -4.33. The van der Waals surface area contributed by atoms with E-state index in [9.17, 15) is 0 Å². The highest BCUT2D eigenvalue weighted by molar-refractivity contribution is 5.95. The van der Waals surface area contributed by atoms with Crippen LogP contribution in [0.1, 0.15) is 43.8 Å². The minimum absolute atomic E-state index is 0.0377. The van der Waals surface area contributed by atoms with Crippen molar-refractivity contribution in [2.24, 2.45) is 5.73 Å². The molecule has 4 rings (SSSR count). The van der Waals surface area contributed by atoms with Crippen LogP contribution in [0.5, 0.6) is 11.5 Å². The topological polar surface area (TPSA) is 106 Å². The van der Waals surface area contributed by atoms with E-state index in [1.807, 2.05) is 51.1 Å². The predicted molar refractivity (Wildman–Crippen MR) is 138 cm³/mol. The molecule has 0 saturated heterocycles. The average Bonchev–Trinajstić information content (AvgIpc) is 3.35. The standard InChI is InChI=1S/C28H29FN4O3/c1-4-34-21-14-22(25(29)23(15-21)35-17(2)3)26(33-20-12-10-19(11-13-20)27(30)31)28-32-16-24(36-28)18-8-6-5-7-9-18/h5-17,26,33H,4H2,1-3H3,(H3,30,31). The summed E-state index contributed by atoms with van der Waals surface area (Å²) in [4.78, 5) is 4.49. The fraction of sp³-hybridized carbons (Fsp3) is 0.214. The van der Waals surface area contributed by atoms with E-state index in [0.29, 0.717) is 29.4 Å². The molecule has 8 heteroatoms. The van der Waals surface area contributed by atoms with Gasteiger partial charge in [-0.2, -0.15) is 0 Å². The molecule has 4 aromatic rings. The van der Waals surface area contributed by atoms with Gasteiger partial charge in [0.15, 0.2) is 17.3 Å². The van der Waals surface area contributed by atoms with Gasteiger partial charge in [-0.25, -0.2) is 9.37 Å². The maximum atomic E-state index is 15.9. The van der Waals surface area contributed by atoms with Crippen LogP contribution in [0.2, 0.25) is 0 Å². The monoisotopic (exact) mass is 488 g/mol. The lowest BCUT2D eigenvalue weighted by Gasteiger charge is -2.21. The van der Waals surface area contributed by atoms with Gasteiger partial charge in [-0.1, -0.05) is 30.3 Å². The average molecular weight is 489 g/mol. The van der Waals surface area contributed by atoms with E-state index in [2.05, 4.69) is 10.3 Å². The number of nitrogen functional groups attached to an aromatic ring is 1. The van der Waals surface area contributed by atoms with Crippen molar-refractivity contribution < 1.29 is 18.3 Å². The van der Waals surface area contributed by atoms with Gasteiger partial charge in [-0.3, -0.25) is 5.41 Å². The molecule has 0 amide bonds. The summed E-state index contributed by atoms with van der Waals surface area (Å²) < 4.78 is 33.4. The van der Waals surface area contributed by atoms with E-state index < -0.39 is 11.9 Å². The van der Waals surface area contributed by atoms with Crippen molar-refractivity contribution in [3.8, 4) is 22.8 Å². The summed E-state index contributed by atoms with van der Waals surface area (Å²) in [5.74, 6) is 0.809. The first kappa shape index (κ1) is 24.8. The van der Waals surface area contributed by atoms with Gasteiger partial charge in [0.2, 0.25) is 5.89 Å². The van der Waals surface area contributed by atoms with Crippen LogP contribution in [-0.2, 0) is 0 Å². The summed E-state index contributed by atoms with van der Waals surface area (Å²) in [6.45, 7) is 5.93. The summed E-state index contributed by atoms with van der Waals surface area (Å²) in [5.41, 5.74) is 7.94. The first-order valence-corrected chi connectivity index (χ1v) is 11.7. The predicted octanol–water partition coefficient (Wildman–Crippen LogP) is 6.15. The van der Waals surface area contributed by atoms with Crippen molar-refractivity contribution in [1.29, 1.82) is 5.41 Å². The van der Waals surface area contributed by atoms with Gasteiger partial charge in [-0.15, -0.1) is 0 Å². The number of hydrogen-bond acceptors (Lipinski definition) is 6. The number of oxazole rings is 1. The number of nitrogens with two attached hydrogens (primary N) is 1. The number of rotatable bonds is 10. The Balaban J connectivity index is 1.81. The highest BCUT2D eigenvalue weighted by Crippen LogP contribution is 2.37. The number of benzene rings is 3. The summed E-state index contributed by atoms with van der Waals surface area (Å²) >= 11 is 0. The Morgan fingerprint density at radius 3 is 2.47 bits per heavy atom. The number of aromatic nitrogens is 1. The van der Waals surface area contributed by atoms with Gasteiger partial charge in [0.1, 0.15) is 17.6 Å². The number of amidine groups is 1. The molecule has 1 aromatic heterocycles. The zero-order valence-corrected chi connectivity index (χ0v) is 20.4. The van der Waals surface area contributed by atoms with Crippen LogP contribution in [0.25, 0.3) is 11.3 Å². The van der Waals surface area contributed by atoms with E-state index in [4.69, 9.17) is 25.0 Å². The molecule has 3 aromatic carbocycles. The van der Waals surface area contributed by atoms with Crippen LogP contribution < -0.4 is 20.5 Å². The minimum Gasteiger partial charge on any atom is -0.494 e. The van der Waals surface area contributed by atoms with Crippen molar-refractivity contribution in [1.82, 2.24) is 4.98 Å². The van der Waals surface area contributed by atoms with E-state index in [1.54, 1.807) is 42.6 Å². The first-order chi connectivity index (χ1) is 17.4. The highest BCUT2D eigenvalue weighted by atomic mass is 19.1. The fourth-order valence-corrected chi connectivity index (χ4v) is 3.74. The van der Waals surface area contributed by atoms with Crippen LogP contribution in [0.4, 0.5) is 10.1 Å². The van der Waals surface area contributed by atoms with Gasteiger partial charge in [0.05, 0.1) is 18.9 Å². The lowest BCUT2D eigenvalue weighted by atomic mass is 10.0. The molecular formula is C28H29FN4O3. The van der Waals surface area contributed by atoms with Crippen LogP contribution in [-0.4, -0.2) is 23.5 Å². The van der Waals surface area contributed by atoms with Crippen LogP contribution in [0.15, 0.2) is 77.3 Å². The maximum Gasteiger partial charge on any atom is 0.222 e. The van der Waals surface area contributed by atoms with E-state index in [-0.39, 0.29) is 29.1 Å². The number of anilines is 1. The molecule has 0 saturated carbocycles. The van der Waals surface area contributed by atoms with Gasteiger partial charge in [0.25, 0.3) is 0 Å². The van der Waals surface area contributed by atoms with Crippen molar-refractivity contribution in [2.45, 2.75) is 32.9 Å². The third-order valence-electron chi connectivity index (χ3n) is 5.36. The van der Waals surface area contributed by atoms with Gasteiger partial charge >= 0.3 is 0 Å². The van der Waals surface area contributed by atoms with Crippen molar-refractivity contribution >= 4 is 11.5 Å². The molecular weight excluding hydrogens is 459 g/mol. The molecule has 0 aliphatic heterocycles. The quantitative estimate of drug-likeness (QED) is 0.183. The fourth-order valence-electron chi connectivity index (χ4n) is 3.74. The molecule has 36 heavy (non-hydrogen) atoms. The molecule has 0 radical (unpaired) electrons. The molecule has 4 N–H and O–H groups in total. The molecule has 186 valence electrons. The molecule has 1 atom stereocenters. The second-order valence-electron chi connectivity index (χ2n) is 8.42. The largest absolute Gasteiger partial charge is 0.494 e. The third kappa shape index (κ3) is 5.66. The van der Waals surface area contributed by atoms with Crippen LogP contribution in [0, 0.1) is 11.2 Å². The Morgan fingerprint density at radius 1 is 1.11 bits per heavy atom. The molecule has 1 unspecified atom stereocenters. The normalized spacial score (nSPS) is 11.8. The van der Waals surface area contributed by atoms with Gasteiger partial charge < -0.3 is 24.9 Å². The number of ether oxygens (including phenoxy) is 2. The van der Waals surface area contributed by atoms with Crippen molar-refractivity contribution in [3.63, 3.8) is 0 Å². The molecule has 1 heterocycles. The molecule has 0 bridgehead atoms. The smallest absolute Gasteiger partial charge is 0.222 e. The minimum atomic E-state index is -0.805. The SMILES string of the molecule is CCOc1cc(OC(C)C)c(F)c(C(Nc2ccc(C(=N)N)cc2)c2ncc(-c3ccccc3)o2)c1. The molecule has 7 nitrogen and oxygen atoms in total. The summed E-state index contributed by atoms with van der Waals surface area (Å²) in [6, 6.07) is 18.9. The van der Waals surface area contributed by atoms with E-state index in [0.717, 1.165) is 5.56 Å². The number of halogens is 1. The molecule has 0 spiro atoms. The Morgan fingerprint density at radius 2 is 1.83 bits per heavy atom. The van der Waals surface area contributed by atoms with Gasteiger partial charge in [0, 0.05) is 28.4 Å². The molecule has 0 aliphatic rings. The lowest BCUT2D eigenvalue weighted by Crippen LogP contribution is -2.17. The number of hydrogen-bond donors (Lipinski definition) is 3. The van der Waals surface area contributed by atoms with Crippen LogP contribution >= 0.6 is 0 Å². The summed E-state index contributed by atoms with van der Waals surface area (Å²) in [5, 5.41) is 10.9. The van der Waals surface area contributed by atoms with E-state index in [1.165, 1.54) is 0 Å². The second kappa shape index (κ2) is 10.9. The highest BCUT2D eigenvalue weighted by Gasteiger charge is 2.27. The molecule has 0 aliphatic carbocycles. The Bertz CT molecular complexity index is 1320. The third-order valence-corrected chi connectivity index (χ3v) is 5.36. The molecule has 0 fully saturated rings. The zero-order valence-electron chi connectivity index (χ0n) is 20.4. The van der Waals surface area contributed by atoms with Crippen LogP contribution in [0.3, 0.4) is 0 Å². The maximum absolute atomic E-state index is 15.9. The number of nitrogens with one attached hydrogen (secondary N) is 2.